The summed E-state index contributed by atoms with van der Waals surface area (Å²) in [5, 5.41) is 13.1. The van der Waals surface area contributed by atoms with E-state index in [-0.39, 0.29) is 29.1 Å². The van der Waals surface area contributed by atoms with Crippen molar-refractivity contribution in [2.45, 2.75) is 18.4 Å². The number of pyridine rings is 1. The van der Waals surface area contributed by atoms with Crippen molar-refractivity contribution in [2.75, 3.05) is 18.6 Å². The van der Waals surface area contributed by atoms with Gasteiger partial charge >= 0.3 is 0 Å². The number of carbonyl (C=O) groups is 1. The maximum absolute atomic E-state index is 12.4. The average molecular weight is 344 g/mol. The molecule has 6 heteroatoms. The summed E-state index contributed by atoms with van der Waals surface area (Å²) >= 11 is 1.83. The standard InChI is InChI=1S/C18H20N2O3S/c1-23-15-7-8-19-16(17(15)21)18(22)20-14-9-13(10-24-11-14)12-5-3-2-4-6-12/h2-8,13-14,21H,9-11H2,1H3,(H,20,22). The van der Waals surface area contributed by atoms with Crippen LogP contribution in [0, 0.1) is 0 Å². The lowest BCUT2D eigenvalue weighted by Crippen LogP contribution is -2.40. The highest BCUT2D eigenvalue weighted by Crippen LogP contribution is 2.32. The lowest BCUT2D eigenvalue weighted by molar-refractivity contribution is 0.0929. The van der Waals surface area contributed by atoms with Gasteiger partial charge in [0.1, 0.15) is 0 Å². The molecule has 2 unspecified atom stereocenters. The molecule has 3 rings (SSSR count). The predicted molar refractivity (Wildman–Crippen MR) is 94.8 cm³/mol. The Balaban J connectivity index is 1.68. The molecule has 24 heavy (non-hydrogen) atoms. The Kier molecular flexibility index (Phi) is 5.25. The highest BCUT2D eigenvalue weighted by molar-refractivity contribution is 7.99. The van der Waals surface area contributed by atoms with Gasteiger partial charge < -0.3 is 15.2 Å². The molecule has 2 atom stereocenters. The summed E-state index contributed by atoms with van der Waals surface area (Å²) in [5.74, 6) is 1.99. The minimum Gasteiger partial charge on any atom is -0.503 e. The van der Waals surface area contributed by atoms with Gasteiger partial charge in [-0.1, -0.05) is 30.3 Å². The highest BCUT2D eigenvalue weighted by atomic mass is 32.2. The number of rotatable bonds is 4. The SMILES string of the molecule is COc1ccnc(C(=O)NC2CSCC(c3ccccc3)C2)c1O. The van der Waals surface area contributed by atoms with Gasteiger partial charge in [0.05, 0.1) is 7.11 Å². The Bertz CT molecular complexity index is 709. The number of thioether (sulfide) groups is 1. The first kappa shape index (κ1) is 16.6. The van der Waals surface area contributed by atoms with Crippen LogP contribution in [0.2, 0.25) is 0 Å². The van der Waals surface area contributed by atoms with E-state index in [0.717, 1.165) is 17.9 Å². The van der Waals surface area contributed by atoms with E-state index in [4.69, 9.17) is 4.74 Å². The lowest BCUT2D eigenvalue weighted by Gasteiger charge is -2.29. The highest BCUT2D eigenvalue weighted by Gasteiger charge is 2.26. The van der Waals surface area contributed by atoms with Crippen LogP contribution in [0.25, 0.3) is 0 Å². The summed E-state index contributed by atoms with van der Waals surface area (Å²) in [6.07, 6.45) is 2.34. The second-order valence-electron chi connectivity index (χ2n) is 5.76. The average Bonchev–Trinajstić information content (AvgIpc) is 2.63. The molecule has 0 spiro atoms. The van der Waals surface area contributed by atoms with Crippen molar-refractivity contribution < 1.29 is 14.6 Å². The molecule has 5 nitrogen and oxygen atoms in total. The van der Waals surface area contributed by atoms with Gasteiger partial charge in [0.15, 0.2) is 17.2 Å². The third kappa shape index (κ3) is 3.64. The van der Waals surface area contributed by atoms with E-state index in [1.54, 1.807) is 0 Å². The first-order valence-corrected chi connectivity index (χ1v) is 9.00. The predicted octanol–water partition coefficient (Wildman–Crippen LogP) is 2.81. The van der Waals surface area contributed by atoms with Crippen molar-refractivity contribution in [3.63, 3.8) is 0 Å². The molecule has 0 aliphatic carbocycles. The maximum Gasteiger partial charge on any atom is 0.274 e. The van der Waals surface area contributed by atoms with Crippen molar-refractivity contribution in [1.29, 1.82) is 0 Å². The maximum atomic E-state index is 12.4. The summed E-state index contributed by atoms with van der Waals surface area (Å²) < 4.78 is 5.03. The fourth-order valence-electron chi connectivity index (χ4n) is 2.91. The van der Waals surface area contributed by atoms with Gasteiger partial charge in [0.25, 0.3) is 5.91 Å². The number of hydrogen-bond acceptors (Lipinski definition) is 5. The molecule has 2 heterocycles. The van der Waals surface area contributed by atoms with Gasteiger partial charge in [-0.25, -0.2) is 4.98 Å². The zero-order valence-electron chi connectivity index (χ0n) is 13.4. The molecule has 1 aromatic heterocycles. The van der Waals surface area contributed by atoms with Crippen LogP contribution in [0.5, 0.6) is 11.5 Å². The molecule has 1 saturated heterocycles. The Hall–Kier alpha value is -2.21. The van der Waals surface area contributed by atoms with Crippen LogP contribution in [-0.4, -0.2) is 40.7 Å². The molecular formula is C18H20N2O3S. The zero-order valence-corrected chi connectivity index (χ0v) is 14.3. The van der Waals surface area contributed by atoms with Gasteiger partial charge in [0.2, 0.25) is 0 Å². The molecule has 1 aliphatic heterocycles. The topological polar surface area (TPSA) is 71.5 Å². The number of nitrogens with zero attached hydrogens (tertiary/aromatic N) is 1. The van der Waals surface area contributed by atoms with Crippen LogP contribution in [0.15, 0.2) is 42.6 Å². The molecular weight excluding hydrogens is 324 g/mol. The van der Waals surface area contributed by atoms with Gasteiger partial charge in [-0.05, 0) is 17.9 Å². The largest absolute Gasteiger partial charge is 0.503 e. The van der Waals surface area contributed by atoms with E-state index in [9.17, 15) is 9.90 Å². The van der Waals surface area contributed by atoms with Crippen LogP contribution < -0.4 is 10.1 Å². The minimum absolute atomic E-state index is 0.00110. The van der Waals surface area contributed by atoms with Crippen LogP contribution in [0.3, 0.4) is 0 Å². The van der Waals surface area contributed by atoms with Gasteiger partial charge in [-0.3, -0.25) is 4.79 Å². The number of carbonyl (C=O) groups excluding carboxylic acids is 1. The summed E-state index contributed by atoms with van der Waals surface area (Å²) in [7, 11) is 1.44. The first-order chi connectivity index (χ1) is 11.7. The van der Waals surface area contributed by atoms with Crippen molar-refractivity contribution in [3.05, 3.63) is 53.9 Å². The monoisotopic (exact) mass is 344 g/mol. The lowest BCUT2D eigenvalue weighted by atomic mass is 9.94. The second-order valence-corrected chi connectivity index (χ2v) is 6.84. The number of benzene rings is 1. The number of ether oxygens (including phenoxy) is 1. The molecule has 1 amide bonds. The summed E-state index contributed by atoms with van der Waals surface area (Å²) in [6, 6.07) is 11.9. The number of aromatic hydroxyl groups is 1. The molecule has 126 valence electrons. The molecule has 0 saturated carbocycles. The Morgan fingerprint density at radius 1 is 1.29 bits per heavy atom. The zero-order chi connectivity index (χ0) is 16.9. The van der Waals surface area contributed by atoms with Crippen molar-refractivity contribution in [1.82, 2.24) is 10.3 Å². The summed E-state index contributed by atoms with van der Waals surface area (Å²) in [4.78, 5) is 16.4. The molecule has 1 fully saturated rings. The third-order valence-electron chi connectivity index (χ3n) is 4.14. The van der Waals surface area contributed by atoms with E-state index in [2.05, 4.69) is 22.4 Å². The Morgan fingerprint density at radius 3 is 2.83 bits per heavy atom. The Morgan fingerprint density at radius 2 is 2.08 bits per heavy atom. The smallest absolute Gasteiger partial charge is 0.274 e. The fourth-order valence-corrected chi connectivity index (χ4v) is 4.16. The van der Waals surface area contributed by atoms with Gasteiger partial charge in [0, 0.05) is 29.8 Å². The van der Waals surface area contributed by atoms with E-state index >= 15 is 0 Å². The molecule has 0 radical (unpaired) electrons. The minimum atomic E-state index is -0.370. The van der Waals surface area contributed by atoms with Crippen LogP contribution in [-0.2, 0) is 0 Å². The number of hydrogen-bond donors (Lipinski definition) is 2. The first-order valence-electron chi connectivity index (χ1n) is 7.84. The fraction of sp³-hybridized carbons (Fsp3) is 0.333. The summed E-state index contributed by atoms with van der Waals surface area (Å²) in [5.41, 5.74) is 1.30. The molecule has 2 aromatic rings. The van der Waals surface area contributed by atoms with E-state index in [0.29, 0.717) is 5.92 Å². The molecule has 0 bridgehead atoms. The molecule has 2 N–H and O–H groups in total. The van der Waals surface area contributed by atoms with Crippen LogP contribution >= 0.6 is 11.8 Å². The number of nitrogens with one attached hydrogen (secondary N) is 1. The van der Waals surface area contributed by atoms with Crippen LogP contribution in [0.1, 0.15) is 28.4 Å². The van der Waals surface area contributed by atoms with E-state index in [1.807, 2.05) is 30.0 Å². The summed E-state index contributed by atoms with van der Waals surface area (Å²) in [6.45, 7) is 0. The van der Waals surface area contributed by atoms with Crippen molar-refractivity contribution in [2.24, 2.45) is 0 Å². The second kappa shape index (κ2) is 7.57. The number of amides is 1. The van der Waals surface area contributed by atoms with Crippen molar-refractivity contribution in [3.8, 4) is 11.5 Å². The Labute approximate surface area is 145 Å². The van der Waals surface area contributed by atoms with Gasteiger partial charge in [-0.15, -0.1) is 0 Å². The number of methoxy groups -OCH3 is 1. The quantitative estimate of drug-likeness (QED) is 0.892. The third-order valence-corrected chi connectivity index (χ3v) is 5.41. The normalized spacial score (nSPS) is 20.4. The number of aromatic nitrogens is 1. The molecule has 1 aromatic carbocycles. The van der Waals surface area contributed by atoms with Gasteiger partial charge in [-0.2, -0.15) is 11.8 Å². The van der Waals surface area contributed by atoms with E-state index < -0.39 is 0 Å². The molecule has 1 aliphatic rings. The van der Waals surface area contributed by atoms with E-state index in [1.165, 1.54) is 24.9 Å². The van der Waals surface area contributed by atoms with Crippen LogP contribution in [0.4, 0.5) is 0 Å². The van der Waals surface area contributed by atoms with Crippen molar-refractivity contribution >= 4 is 17.7 Å².